The van der Waals surface area contributed by atoms with E-state index >= 15 is 0 Å². The lowest BCUT2D eigenvalue weighted by Crippen LogP contribution is -2.46. The molecule has 0 spiro atoms. The average Bonchev–Trinajstić information content (AvgIpc) is 2.41. The Morgan fingerprint density at radius 3 is 2.52 bits per heavy atom. The number of hydrogen-bond donors (Lipinski definition) is 1. The van der Waals surface area contributed by atoms with Gasteiger partial charge < -0.3 is 5.32 Å². The molecule has 1 aromatic rings. The van der Waals surface area contributed by atoms with Crippen molar-refractivity contribution in [2.45, 2.75) is 18.9 Å². The first kappa shape index (κ1) is 16.4. The van der Waals surface area contributed by atoms with Gasteiger partial charge in [-0.15, -0.1) is 0 Å². The normalized spacial score (nSPS) is 17.7. The molecule has 1 aromatic carbocycles. The van der Waals surface area contributed by atoms with Gasteiger partial charge in [-0.05, 0) is 47.0 Å². The van der Waals surface area contributed by atoms with Crippen molar-refractivity contribution in [2.24, 2.45) is 0 Å². The third-order valence-corrected chi connectivity index (χ3v) is 5.35. The van der Waals surface area contributed by atoms with Crippen molar-refractivity contribution in [1.82, 2.24) is 9.62 Å². The highest BCUT2D eigenvalue weighted by Crippen LogP contribution is 2.18. The minimum Gasteiger partial charge on any atom is -0.349 e. The molecule has 1 N–H and O–H groups in total. The van der Waals surface area contributed by atoms with E-state index in [1.807, 2.05) is 0 Å². The van der Waals surface area contributed by atoms with E-state index in [4.69, 9.17) is 0 Å². The predicted octanol–water partition coefficient (Wildman–Crippen LogP) is 1.74. The van der Waals surface area contributed by atoms with Crippen LogP contribution in [0.1, 0.15) is 23.2 Å². The summed E-state index contributed by atoms with van der Waals surface area (Å²) in [6, 6.07) is 4.00. The molecule has 1 saturated heterocycles. The highest BCUT2D eigenvalue weighted by atomic mass is 79.9. The second-order valence-corrected chi connectivity index (χ2v) is 7.88. The molecule has 1 aliphatic rings. The van der Waals surface area contributed by atoms with E-state index in [9.17, 15) is 17.6 Å². The monoisotopic (exact) mass is 378 g/mol. The molecule has 8 heteroatoms. The second kappa shape index (κ2) is 6.41. The summed E-state index contributed by atoms with van der Waals surface area (Å²) in [5.41, 5.74) is 0.369. The maximum absolute atomic E-state index is 13.1. The maximum atomic E-state index is 13.1. The largest absolute Gasteiger partial charge is 0.349 e. The van der Waals surface area contributed by atoms with Crippen LogP contribution < -0.4 is 5.32 Å². The summed E-state index contributed by atoms with van der Waals surface area (Å²) in [6.07, 6.45) is 2.32. The van der Waals surface area contributed by atoms with Crippen molar-refractivity contribution in [3.05, 3.63) is 34.1 Å². The summed E-state index contributed by atoms with van der Waals surface area (Å²) < 4.78 is 37.6. The zero-order valence-corrected chi connectivity index (χ0v) is 13.9. The highest BCUT2D eigenvalue weighted by molar-refractivity contribution is 9.10. The van der Waals surface area contributed by atoms with Gasteiger partial charge >= 0.3 is 0 Å². The van der Waals surface area contributed by atoms with Crippen LogP contribution in [0.15, 0.2) is 22.7 Å². The van der Waals surface area contributed by atoms with Gasteiger partial charge in [-0.3, -0.25) is 4.79 Å². The highest BCUT2D eigenvalue weighted by Gasteiger charge is 2.26. The minimum atomic E-state index is -3.17. The lowest BCUT2D eigenvalue weighted by Gasteiger charge is -2.30. The third kappa shape index (κ3) is 4.24. The number of amides is 1. The van der Waals surface area contributed by atoms with Gasteiger partial charge in [0.25, 0.3) is 5.91 Å². The number of halogens is 2. The Labute approximate surface area is 131 Å². The fourth-order valence-electron chi connectivity index (χ4n) is 2.24. The van der Waals surface area contributed by atoms with Crippen LogP contribution >= 0.6 is 15.9 Å². The molecule has 0 saturated carbocycles. The van der Waals surface area contributed by atoms with E-state index < -0.39 is 15.8 Å². The summed E-state index contributed by atoms with van der Waals surface area (Å²) in [4.78, 5) is 12.1. The lowest BCUT2D eigenvalue weighted by molar-refractivity contribution is 0.0924. The van der Waals surface area contributed by atoms with E-state index in [0.29, 0.717) is 31.5 Å². The zero-order chi connectivity index (χ0) is 15.6. The number of nitrogens with one attached hydrogen (secondary N) is 1. The first-order valence-corrected chi connectivity index (χ1v) is 9.12. The smallest absolute Gasteiger partial charge is 0.251 e. The van der Waals surface area contributed by atoms with Gasteiger partial charge in [-0.1, -0.05) is 0 Å². The molecule has 0 aliphatic carbocycles. The summed E-state index contributed by atoms with van der Waals surface area (Å²) in [6.45, 7) is 0.799. The molecule has 0 atom stereocenters. The molecular formula is C13H16BrFN2O3S. The fourth-order valence-corrected chi connectivity index (χ4v) is 3.49. The first-order chi connectivity index (χ1) is 9.77. The van der Waals surface area contributed by atoms with Crippen LogP contribution in [0, 0.1) is 5.82 Å². The molecule has 1 heterocycles. The van der Waals surface area contributed by atoms with Gasteiger partial charge in [0.05, 0.1) is 10.7 Å². The lowest BCUT2D eigenvalue weighted by atomic mass is 10.1. The topological polar surface area (TPSA) is 66.5 Å². The molecule has 2 rings (SSSR count). The Balaban J connectivity index is 1.94. The van der Waals surface area contributed by atoms with Crippen molar-refractivity contribution in [1.29, 1.82) is 0 Å². The van der Waals surface area contributed by atoms with E-state index in [1.165, 1.54) is 28.8 Å². The van der Waals surface area contributed by atoms with Crippen molar-refractivity contribution < 1.29 is 17.6 Å². The molecule has 0 aromatic heterocycles. The Bertz CT molecular complexity index is 643. The van der Waals surface area contributed by atoms with Crippen LogP contribution in [0.4, 0.5) is 4.39 Å². The molecule has 0 radical (unpaired) electrons. The molecule has 5 nitrogen and oxygen atoms in total. The Kier molecular flexibility index (Phi) is 5.00. The average molecular weight is 379 g/mol. The molecule has 21 heavy (non-hydrogen) atoms. The third-order valence-electron chi connectivity index (χ3n) is 3.44. The molecule has 0 bridgehead atoms. The Morgan fingerprint density at radius 2 is 2.00 bits per heavy atom. The van der Waals surface area contributed by atoms with E-state index in [-0.39, 0.29) is 16.4 Å². The number of hydrogen-bond acceptors (Lipinski definition) is 3. The number of benzene rings is 1. The van der Waals surface area contributed by atoms with Gasteiger partial charge in [0.2, 0.25) is 10.0 Å². The number of nitrogens with zero attached hydrogens (tertiary/aromatic N) is 1. The summed E-state index contributed by atoms with van der Waals surface area (Å²) >= 11 is 3.04. The summed E-state index contributed by atoms with van der Waals surface area (Å²) in [7, 11) is -3.17. The second-order valence-electron chi connectivity index (χ2n) is 5.04. The number of carbonyl (C=O) groups is 1. The van der Waals surface area contributed by atoms with Crippen molar-refractivity contribution >= 4 is 31.9 Å². The SMILES string of the molecule is CS(=O)(=O)N1CCC(NC(=O)c2ccc(F)c(Br)c2)CC1. The molecular weight excluding hydrogens is 363 g/mol. The molecule has 1 aliphatic heterocycles. The van der Waals surface area contributed by atoms with Crippen LogP contribution in [0.3, 0.4) is 0 Å². The molecule has 0 unspecified atom stereocenters. The van der Waals surface area contributed by atoms with Crippen molar-refractivity contribution in [2.75, 3.05) is 19.3 Å². The van der Waals surface area contributed by atoms with Crippen LogP contribution in [0.2, 0.25) is 0 Å². The van der Waals surface area contributed by atoms with Gasteiger partial charge in [0.1, 0.15) is 5.82 Å². The van der Waals surface area contributed by atoms with Gasteiger partial charge in [0, 0.05) is 24.7 Å². The van der Waals surface area contributed by atoms with E-state index in [2.05, 4.69) is 21.2 Å². The van der Waals surface area contributed by atoms with Crippen molar-refractivity contribution in [3.8, 4) is 0 Å². The van der Waals surface area contributed by atoms with Crippen LogP contribution in [-0.4, -0.2) is 44.0 Å². The number of carbonyl (C=O) groups excluding carboxylic acids is 1. The first-order valence-electron chi connectivity index (χ1n) is 6.48. The Hall–Kier alpha value is -0.990. The maximum Gasteiger partial charge on any atom is 0.251 e. The number of rotatable bonds is 3. The molecule has 116 valence electrons. The molecule has 1 amide bonds. The zero-order valence-electron chi connectivity index (χ0n) is 11.5. The predicted molar refractivity (Wildman–Crippen MR) is 81.0 cm³/mol. The van der Waals surface area contributed by atoms with Crippen LogP contribution in [0.5, 0.6) is 0 Å². The Morgan fingerprint density at radius 1 is 1.38 bits per heavy atom. The van der Waals surface area contributed by atoms with Gasteiger partial charge in [-0.25, -0.2) is 17.1 Å². The van der Waals surface area contributed by atoms with E-state index in [0.717, 1.165) is 0 Å². The van der Waals surface area contributed by atoms with Crippen molar-refractivity contribution in [3.63, 3.8) is 0 Å². The van der Waals surface area contributed by atoms with Gasteiger partial charge in [-0.2, -0.15) is 0 Å². The standard InChI is InChI=1S/C13H16BrFN2O3S/c1-21(19,20)17-6-4-10(5-7-17)16-13(18)9-2-3-12(15)11(14)8-9/h2-3,8,10H,4-7H2,1H3,(H,16,18). The minimum absolute atomic E-state index is 0.0701. The summed E-state index contributed by atoms with van der Waals surface area (Å²) in [5.74, 6) is -0.707. The quantitative estimate of drug-likeness (QED) is 0.870. The van der Waals surface area contributed by atoms with Crippen LogP contribution in [-0.2, 0) is 10.0 Å². The fraction of sp³-hybridized carbons (Fsp3) is 0.462. The number of sulfonamides is 1. The summed E-state index contributed by atoms with van der Waals surface area (Å²) in [5, 5.41) is 2.85. The molecule has 1 fully saturated rings. The van der Waals surface area contributed by atoms with Gasteiger partial charge in [0.15, 0.2) is 0 Å². The van der Waals surface area contributed by atoms with E-state index in [1.54, 1.807) is 0 Å². The number of piperidine rings is 1. The van der Waals surface area contributed by atoms with Crippen LogP contribution in [0.25, 0.3) is 0 Å².